The predicted molar refractivity (Wildman–Crippen MR) is 116 cm³/mol. The SMILES string of the molecule is COc1ccc(CNc2ncc(NC(=O)c3nc(C(F)(F)F)ccc3C)c(C(C)=O)c2F)cc1. The number of ether oxygens (including phenoxy) is 1. The number of alkyl halides is 3. The van der Waals surface area contributed by atoms with Crippen molar-refractivity contribution in [2.45, 2.75) is 26.6 Å². The molecule has 0 aliphatic rings. The molecule has 178 valence electrons. The number of nitrogens with one attached hydrogen (secondary N) is 2. The fourth-order valence-electron chi connectivity index (χ4n) is 3.08. The van der Waals surface area contributed by atoms with Crippen LogP contribution in [0.2, 0.25) is 0 Å². The number of hydrogen-bond donors (Lipinski definition) is 2. The first-order valence-corrected chi connectivity index (χ1v) is 9.93. The Bertz CT molecular complexity index is 1230. The summed E-state index contributed by atoms with van der Waals surface area (Å²) in [4.78, 5) is 32.0. The molecule has 3 rings (SSSR count). The number of ketones is 1. The van der Waals surface area contributed by atoms with Gasteiger partial charge in [-0.2, -0.15) is 13.2 Å². The number of carbonyl (C=O) groups excluding carboxylic acids is 2. The van der Waals surface area contributed by atoms with Gasteiger partial charge in [-0.3, -0.25) is 9.59 Å². The number of benzene rings is 1. The van der Waals surface area contributed by atoms with Gasteiger partial charge >= 0.3 is 6.18 Å². The molecule has 1 amide bonds. The Labute approximate surface area is 192 Å². The lowest BCUT2D eigenvalue weighted by atomic mass is 10.1. The van der Waals surface area contributed by atoms with E-state index >= 15 is 4.39 Å². The fourth-order valence-corrected chi connectivity index (χ4v) is 3.08. The van der Waals surface area contributed by atoms with Gasteiger partial charge in [-0.15, -0.1) is 0 Å². The number of aromatic nitrogens is 2. The van der Waals surface area contributed by atoms with Crippen molar-refractivity contribution in [2.24, 2.45) is 0 Å². The maximum atomic E-state index is 15.1. The molecule has 0 bridgehead atoms. The zero-order valence-corrected chi connectivity index (χ0v) is 18.4. The topological polar surface area (TPSA) is 93.2 Å². The fraction of sp³-hybridized carbons (Fsp3) is 0.217. The summed E-state index contributed by atoms with van der Waals surface area (Å²) < 4.78 is 59.1. The monoisotopic (exact) mass is 476 g/mol. The van der Waals surface area contributed by atoms with E-state index in [0.29, 0.717) is 5.75 Å². The number of rotatable bonds is 7. The molecule has 11 heteroatoms. The van der Waals surface area contributed by atoms with Gasteiger partial charge < -0.3 is 15.4 Å². The second-order valence-corrected chi connectivity index (χ2v) is 7.28. The summed E-state index contributed by atoms with van der Waals surface area (Å²) in [5.74, 6) is -2.33. The summed E-state index contributed by atoms with van der Waals surface area (Å²) >= 11 is 0. The van der Waals surface area contributed by atoms with Crippen LogP contribution in [0.15, 0.2) is 42.6 Å². The van der Waals surface area contributed by atoms with Crippen molar-refractivity contribution in [1.82, 2.24) is 9.97 Å². The van der Waals surface area contributed by atoms with E-state index in [1.165, 1.54) is 14.0 Å². The van der Waals surface area contributed by atoms with E-state index < -0.39 is 40.6 Å². The highest BCUT2D eigenvalue weighted by molar-refractivity contribution is 6.09. The molecule has 2 N–H and O–H groups in total. The maximum Gasteiger partial charge on any atom is 0.433 e. The second-order valence-electron chi connectivity index (χ2n) is 7.28. The molecule has 1 aromatic carbocycles. The summed E-state index contributed by atoms with van der Waals surface area (Å²) in [6.45, 7) is 2.68. The molecule has 0 atom stereocenters. The molecule has 2 aromatic heterocycles. The second kappa shape index (κ2) is 9.86. The first kappa shape index (κ1) is 24.6. The summed E-state index contributed by atoms with van der Waals surface area (Å²) in [5, 5.41) is 5.03. The van der Waals surface area contributed by atoms with Crippen LogP contribution in [-0.4, -0.2) is 28.8 Å². The Morgan fingerprint density at radius 2 is 1.76 bits per heavy atom. The first-order valence-electron chi connectivity index (χ1n) is 9.93. The molecule has 0 spiro atoms. The summed E-state index contributed by atoms with van der Waals surface area (Å²) in [5.41, 5.74) is -1.56. The van der Waals surface area contributed by atoms with Crippen molar-refractivity contribution in [3.8, 4) is 5.75 Å². The van der Waals surface area contributed by atoms with E-state index in [0.717, 1.165) is 30.8 Å². The number of amides is 1. The zero-order chi connectivity index (χ0) is 25.0. The lowest BCUT2D eigenvalue weighted by Gasteiger charge is -2.15. The maximum absolute atomic E-state index is 15.1. The van der Waals surface area contributed by atoms with Gasteiger partial charge in [-0.25, -0.2) is 14.4 Å². The van der Waals surface area contributed by atoms with Gasteiger partial charge in [0.05, 0.1) is 24.6 Å². The third kappa shape index (κ3) is 5.48. The number of halogens is 4. The van der Waals surface area contributed by atoms with Gasteiger partial charge in [-0.1, -0.05) is 18.2 Å². The number of pyridine rings is 2. The van der Waals surface area contributed by atoms with Crippen LogP contribution >= 0.6 is 0 Å². The zero-order valence-electron chi connectivity index (χ0n) is 18.4. The quantitative estimate of drug-likeness (QED) is 0.368. The third-order valence-corrected chi connectivity index (χ3v) is 4.84. The molecule has 2 heterocycles. The van der Waals surface area contributed by atoms with Crippen LogP contribution < -0.4 is 15.4 Å². The van der Waals surface area contributed by atoms with Gasteiger partial charge in [0, 0.05) is 6.54 Å². The predicted octanol–water partition coefficient (Wildman–Crippen LogP) is 5.02. The van der Waals surface area contributed by atoms with E-state index in [1.807, 2.05) is 0 Å². The van der Waals surface area contributed by atoms with Crippen LogP contribution in [0.5, 0.6) is 5.75 Å². The van der Waals surface area contributed by atoms with Crippen molar-refractivity contribution in [3.05, 3.63) is 76.5 Å². The first-order chi connectivity index (χ1) is 16.0. The molecule has 0 fully saturated rings. The molecule has 0 saturated carbocycles. The lowest BCUT2D eigenvalue weighted by Crippen LogP contribution is -2.21. The van der Waals surface area contributed by atoms with E-state index in [9.17, 15) is 22.8 Å². The number of carbonyl (C=O) groups is 2. The van der Waals surface area contributed by atoms with E-state index in [2.05, 4.69) is 20.6 Å². The number of anilines is 2. The minimum absolute atomic E-state index is 0.168. The lowest BCUT2D eigenvalue weighted by molar-refractivity contribution is -0.141. The smallest absolute Gasteiger partial charge is 0.433 e. The molecule has 0 aliphatic heterocycles. The Morgan fingerprint density at radius 1 is 1.09 bits per heavy atom. The summed E-state index contributed by atoms with van der Waals surface area (Å²) in [7, 11) is 1.53. The minimum atomic E-state index is -4.75. The van der Waals surface area contributed by atoms with Crippen molar-refractivity contribution in [3.63, 3.8) is 0 Å². The largest absolute Gasteiger partial charge is 0.497 e. The molecule has 34 heavy (non-hydrogen) atoms. The molecule has 7 nitrogen and oxygen atoms in total. The van der Waals surface area contributed by atoms with Gasteiger partial charge in [0.25, 0.3) is 5.91 Å². The summed E-state index contributed by atoms with van der Waals surface area (Å²) in [6, 6.07) is 8.82. The number of nitrogens with zero attached hydrogens (tertiary/aromatic N) is 2. The van der Waals surface area contributed by atoms with Crippen LogP contribution in [-0.2, 0) is 12.7 Å². The molecule has 0 radical (unpaired) electrons. The Balaban J connectivity index is 1.86. The van der Waals surface area contributed by atoms with Crippen LogP contribution in [0.3, 0.4) is 0 Å². The van der Waals surface area contributed by atoms with Crippen LogP contribution in [0, 0.1) is 12.7 Å². The van der Waals surface area contributed by atoms with Gasteiger partial charge in [-0.05, 0) is 43.2 Å². The minimum Gasteiger partial charge on any atom is -0.497 e. The van der Waals surface area contributed by atoms with Crippen molar-refractivity contribution >= 4 is 23.2 Å². The normalized spacial score (nSPS) is 11.1. The standard InChI is InChI=1S/C23H20F4N4O3/c1-12-4-9-17(23(25,26)27)31-20(12)22(33)30-16-11-29-21(19(24)18(16)13(2)32)28-10-14-5-7-15(34-3)8-6-14/h4-9,11H,10H2,1-3H3,(H,28,29)(H,30,33). The number of Topliss-reactive ketones (excluding diaryl/α,β-unsaturated/α-hetero) is 1. The van der Waals surface area contributed by atoms with Crippen molar-refractivity contribution in [2.75, 3.05) is 17.7 Å². The van der Waals surface area contributed by atoms with E-state index in [1.54, 1.807) is 24.3 Å². The molecular weight excluding hydrogens is 456 g/mol. The van der Waals surface area contributed by atoms with Crippen LogP contribution in [0.4, 0.5) is 29.1 Å². The van der Waals surface area contributed by atoms with Crippen LogP contribution in [0.1, 0.15) is 44.6 Å². The van der Waals surface area contributed by atoms with Crippen LogP contribution in [0.25, 0.3) is 0 Å². The van der Waals surface area contributed by atoms with Gasteiger partial charge in [0.2, 0.25) is 0 Å². The van der Waals surface area contributed by atoms with Crippen molar-refractivity contribution < 1.29 is 31.9 Å². The molecular formula is C23H20F4N4O3. The van der Waals surface area contributed by atoms with Gasteiger partial charge in [0.1, 0.15) is 17.1 Å². The highest BCUT2D eigenvalue weighted by Gasteiger charge is 2.33. The van der Waals surface area contributed by atoms with E-state index in [4.69, 9.17) is 4.74 Å². The Kier molecular flexibility index (Phi) is 7.14. The molecule has 0 aliphatic carbocycles. The Morgan fingerprint density at radius 3 is 2.35 bits per heavy atom. The number of hydrogen-bond acceptors (Lipinski definition) is 6. The molecule has 0 saturated heterocycles. The van der Waals surface area contributed by atoms with Crippen molar-refractivity contribution in [1.29, 1.82) is 0 Å². The highest BCUT2D eigenvalue weighted by Crippen LogP contribution is 2.29. The number of aryl methyl sites for hydroxylation is 1. The average molecular weight is 476 g/mol. The van der Waals surface area contributed by atoms with Gasteiger partial charge in [0.15, 0.2) is 17.4 Å². The summed E-state index contributed by atoms with van der Waals surface area (Å²) in [6.07, 6.45) is -3.70. The highest BCUT2D eigenvalue weighted by atomic mass is 19.4. The van der Waals surface area contributed by atoms with E-state index in [-0.39, 0.29) is 23.6 Å². The molecule has 0 unspecified atom stereocenters. The Hall–Kier alpha value is -4.02. The average Bonchev–Trinajstić information content (AvgIpc) is 2.78. The third-order valence-electron chi connectivity index (χ3n) is 4.84. The molecule has 3 aromatic rings. The number of methoxy groups -OCH3 is 1.